The molecule has 18 heavy (non-hydrogen) atoms. The van der Waals surface area contributed by atoms with Gasteiger partial charge in [-0.3, -0.25) is 0 Å². The Morgan fingerprint density at radius 2 is 1.56 bits per heavy atom. The van der Waals surface area contributed by atoms with Crippen LogP contribution in [0, 0.1) is 15.5 Å². The molecule has 2 N–H and O–H groups in total. The maximum Gasteiger partial charge on any atom is 0.488 e. The fraction of sp³-hybridized carbons (Fsp3) is 0. The van der Waals surface area contributed by atoms with Gasteiger partial charge in [-0.15, -0.1) is 0 Å². The second-order valence-corrected chi connectivity index (χ2v) is 4.33. The van der Waals surface area contributed by atoms with Gasteiger partial charge >= 0.3 is 7.12 Å². The van der Waals surface area contributed by atoms with E-state index < -0.39 is 19.0 Å². The van der Waals surface area contributed by atoms with E-state index >= 15 is 0 Å². The van der Waals surface area contributed by atoms with Crippen LogP contribution < -0.4 is 5.46 Å². The van der Waals surface area contributed by atoms with Crippen LogP contribution in [0.2, 0.25) is 0 Å². The fourth-order valence-corrected chi connectivity index (χ4v) is 1.37. The molecule has 2 aromatic heterocycles. The molecule has 0 saturated carbocycles. The van der Waals surface area contributed by atoms with E-state index in [1.807, 2.05) is 22.6 Å². The molecule has 0 radical (unpaired) electrons. The first kappa shape index (κ1) is 14.9. The molecule has 0 saturated heterocycles. The molecule has 2 aromatic rings. The second kappa shape index (κ2) is 7.34. The Kier molecular flexibility index (Phi) is 6.09. The number of pyridine rings is 2. The summed E-state index contributed by atoms with van der Waals surface area (Å²) in [6.45, 7) is 0. The van der Waals surface area contributed by atoms with Gasteiger partial charge in [0.2, 0.25) is 11.9 Å². The number of nitrogens with zero attached hydrogens (tertiary/aromatic N) is 2. The molecule has 2 heterocycles. The molecule has 0 amide bonds. The summed E-state index contributed by atoms with van der Waals surface area (Å²) in [6.07, 6.45) is 2.61. The van der Waals surface area contributed by atoms with E-state index in [1.165, 1.54) is 24.5 Å². The van der Waals surface area contributed by atoms with Gasteiger partial charge in [0.25, 0.3) is 0 Å². The lowest BCUT2D eigenvalue weighted by molar-refractivity contribution is 0.425. The summed E-state index contributed by atoms with van der Waals surface area (Å²) >= 11 is 2.03. The van der Waals surface area contributed by atoms with E-state index in [4.69, 9.17) is 10.0 Å². The number of aromatic nitrogens is 2. The highest BCUT2D eigenvalue weighted by molar-refractivity contribution is 14.1. The molecule has 4 nitrogen and oxygen atoms in total. The van der Waals surface area contributed by atoms with Crippen molar-refractivity contribution >= 4 is 35.2 Å². The van der Waals surface area contributed by atoms with Gasteiger partial charge in [0.05, 0.1) is 0 Å². The largest absolute Gasteiger partial charge is 0.488 e. The van der Waals surface area contributed by atoms with Gasteiger partial charge in [-0.1, -0.05) is 0 Å². The van der Waals surface area contributed by atoms with Crippen LogP contribution in [0.25, 0.3) is 0 Å². The summed E-state index contributed by atoms with van der Waals surface area (Å²) in [5.74, 6) is -1.14. The monoisotopic (exact) mass is 364 g/mol. The van der Waals surface area contributed by atoms with E-state index in [0.29, 0.717) is 0 Å². The predicted octanol–water partition coefficient (Wildman–Crippen LogP) is 0.726. The number of rotatable bonds is 1. The summed E-state index contributed by atoms with van der Waals surface area (Å²) in [7, 11) is -1.63. The van der Waals surface area contributed by atoms with Crippen molar-refractivity contribution in [3.8, 4) is 0 Å². The van der Waals surface area contributed by atoms with Crippen molar-refractivity contribution in [2.75, 3.05) is 0 Å². The zero-order chi connectivity index (χ0) is 13.5. The van der Waals surface area contributed by atoms with Crippen molar-refractivity contribution in [1.82, 2.24) is 9.97 Å². The van der Waals surface area contributed by atoms with Gasteiger partial charge in [-0.05, 0) is 46.3 Å². The molecule has 0 spiro atoms. The van der Waals surface area contributed by atoms with Gasteiger partial charge < -0.3 is 10.0 Å². The highest BCUT2D eigenvalue weighted by Crippen LogP contribution is 2.02. The molecule has 2 rings (SSSR count). The lowest BCUT2D eigenvalue weighted by atomic mass is 9.81. The molecule has 0 aliphatic rings. The summed E-state index contributed by atoms with van der Waals surface area (Å²) in [4.78, 5) is 6.60. The number of hydrogen-bond acceptors (Lipinski definition) is 4. The third-order valence-corrected chi connectivity index (χ3v) is 2.41. The molecule has 0 fully saturated rings. The number of hydrogen-bond donors (Lipinski definition) is 2. The van der Waals surface area contributed by atoms with Crippen LogP contribution in [-0.2, 0) is 0 Å². The average molecular weight is 364 g/mol. The first-order chi connectivity index (χ1) is 8.49. The molecule has 0 atom stereocenters. The van der Waals surface area contributed by atoms with E-state index in [-0.39, 0.29) is 5.46 Å². The summed E-state index contributed by atoms with van der Waals surface area (Å²) in [5, 5.41) is 17.0. The SMILES string of the molecule is Fc1cc(I)ccn1.OB(O)c1ccnc(F)c1. The first-order valence-electron chi connectivity index (χ1n) is 4.73. The Bertz CT molecular complexity index is 499. The van der Waals surface area contributed by atoms with Crippen molar-refractivity contribution in [3.05, 3.63) is 52.1 Å². The minimum absolute atomic E-state index is 0.104. The maximum atomic E-state index is 12.2. The van der Waals surface area contributed by atoms with Crippen LogP contribution in [-0.4, -0.2) is 27.1 Å². The highest BCUT2D eigenvalue weighted by Gasteiger charge is 2.10. The quantitative estimate of drug-likeness (QED) is 0.445. The van der Waals surface area contributed by atoms with Crippen LogP contribution in [0.15, 0.2) is 36.7 Å². The maximum absolute atomic E-state index is 12.2. The second-order valence-electron chi connectivity index (χ2n) is 3.08. The lowest BCUT2D eigenvalue weighted by Gasteiger charge is -1.95. The fourth-order valence-electron chi connectivity index (χ4n) is 0.957. The summed E-state index contributed by atoms with van der Waals surface area (Å²) < 4.78 is 25.1. The summed E-state index contributed by atoms with van der Waals surface area (Å²) in [6, 6.07) is 5.41. The molecule has 0 aliphatic heterocycles. The topological polar surface area (TPSA) is 66.2 Å². The standard InChI is InChI=1S/C5H5BFNO2.C5H3FIN/c7-5-3-4(6(9)10)1-2-8-5;6-5-3-4(7)1-2-8-5/h1-3,9-10H;1-3H. The first-order valence-corrected chi connectivity index (χ1v) is 5.81. The van der Waals surface area contributed by atoms with Crippen molar-refractivity contribution in [1.29, 1.82) is 0 Å². The van der Waals surface area contributed by atoms with Gasteiger partial charge in [0, 0.05) is 22.0 Å². The molecular weight excluding hydrogens is 356 g/mol. The Balaban J connectivity index is 0.000000184. The molecule has 94 valence electrons. The average Bonchev–Trinajstić information content (AvgIpc) is 2.29. The molecule has 0 aliphatic carbocycles. The third-order valence-electron chi connectivity index (χ3n) is 1.74. The summed E-state index contributed by atoms with van der Waals surface area (Å²) in [5.41, 5.74) is 0.104. The minimum Gasteiger partial charge on any atom is -0.423 e. The predicted molar refractivity (Wildman–Crippen MR) is 70.9 cm³/mol. The zero-order valence-corrected chi connectivity index (χ0v) is 11.1. The van der Waals surface area contributed by atoms with E-state index in [9.17, 15) is 8.78 Å². The lowest BCUT2D eigenvalue weighted by Crippen LogP contribution is -2.30. The van der Waals surface area contributed by atoms with Crippen molar-refractivity contribution < 1.29 is 18.8 Å². The van der Waals surface area contributed by atoms with Crippen LogP contribution >= 0.6 is 22.6 Å². The Labute approximate surface area is 116 Å². The van der Waals surface area contributed by atoms with E-state index in [1.54, 1.807) is 6.07 Å². The molecule has 0 aromatic carbocycles. The molecular formula is C10H8BF2IN2O2. The van der Waals surface area contributed by atoms with Crippen LogP contribution in [0.3, 0.4) is 0 Å². The van der Waals surface area contributed by atoms with Crippen LogP contribution in [0.5, 0.6) is 0 Å². The van der Waals surface area contributed by atoms with E-state index in [2.05, 4.69) is 9.97 Å². The Hall–Kier alpha value is -1.13. The van der Waals surface area contributed by atoms with Crippen LogP contribution in [0.1, 0.15) is 0 Å². The molecule has 0 unspecified atom stereocenters. The molecule has 0 bridgehead atoms. The van der Waals surface area contributed by atoms with Gasteiger partial charge in [0.15, 0.2) is 0 Å². The highest BCUT2D eigenvalue weighted by atomic mass is 127. The Morgan fingerprint density at radius 1 is 1.00 bits per heavy atom. The zero-order valence-electron chi connectivity index (χ0n) is 8.96. The van der Waals surface area contributed by atoms with Crippen molar-refractivity contribution in [2.24, 2.45) is 0 Å². The van der Waals surface area contributed by atoms with E-state index in [0.717, 1.165) is 9.64 Å². The van der Waals surface area contributed by atoms with Crippen molar-refractivity contribution in [3.63, 3.8) is 0 Å². The van der Waals surface area contributed by atoms with Crippen molar-refractivity contribution in [2.45, 2.75) is 0 Å². The molecule has 8 heteroatoms. The third kappa shape index (κ3) is 5.47. The Morgan fingerprint density at radius 3 is 1.89 bits per heavy atom. The van der Waals surface area contributed by atoms with Gasteiger partial charge in [-0.2, -0.15) is 8.78 Å². The normalized spacial score (nSPS) is 9.39. The van der Waals surface area contributed by atoms with Gasteiger partial charge in [-0.25, -0.2) is 9.97 Å². The minimum atomic E-state index is -1.63. The smallest absolute Gasteiger partial charge is 0.423 e. The number of halogens is 3. The van der Waals surface area contributed by atoms with Gasteiger partial charge in [0.1, 0.15) is 0 Å². The van der Waals surface area contributed by atoms with Crippen LogP contribution in [0.4, 0.5) is 8.78 Å².